The van der Waals surface area contributed by atoms with E-state index in [4.69, 9.17) is 10.5 Å². The lowest BCUT2D eigenvalue weighted by molar-refractivity contribution is -0.153. The summed E-state index contributed by atoms with van der Waals surface area (Å²) in [7, 11) is 1.12. The highest BCUT2D eigenvalue weighted by molar-refractivity contribution is 6.05. The van der Waals surface area contributed by atoms with Crippen LogP contribution in [0.25, 0.3) is 0 Å². The Hall–Kier alpha value is -2.36. The van der Waals surface area contributed by atoms with Crippen molar-refractivity contribution in [2.45, 2.75) is 6.18 Å². The molecule has 0 aliphatic carbocycles. The summed E-state index contributed by atoms with van der Waals surface area (Å²) < 4.78 is 45.8. The zero-order valence-electron chi connectivity index (χ0n) is 10.9. The van der Waals surface area contributed by atoms with Crippen molar-refractivity contribution in [3.8, 4) is 11.5 Å². The molecule has 10 heteroatoms. The van der Waals surface area contributed by atoms with Crippen LogP contribution in [0.15, 0.2) is 12.3 Å². The SMILES string of the molecule is COc1c(OCC(F)(F)F)ccnc1C(=O)NC(=O)CN. The van der Waals surface area contributed by atoms with Crippen molar-refractivity contribution >= 4 is 11.8 Å². The highest BCUT2D eigenvalue weighted by Gasteiger charge is 2.30. The third-order valence-corrected chi connectivity index (χ3v) is 2.12. The third-order valence-electron chi connectivity index (χ3n) is 2.12. The number of ether oxygens (including phenoxy) is 2. The Morgan fingerprint density at radius 1 is 1.43 bits per heavy atom. The lowest BCUT2D eigenvalue weighted by Crippen LogP contribution is -2.36. The topological polar surface area (TPSA) is 104 Å². The fourth-order valence-electron chi connectivity index (χ4n) is 1.30. The van der Waals surface area contributed by atoms with Crippen LogP contribution in [0, 0.1) is 0 Å². The summed E-state index contributed by atoms with van der Waals surface area (Å²) in [5.74, 6) is -2.37. The second kappa shape index (κ2) is 6.88. The number of halogens is 3. The van der Waals surface area contributed by atoms with E-state index in [2.05, 4.69) is 9.72 Å². The number of nitrogens with two attached hydrogens (primary N) is 1. The van der Waals surface area contributed by atoms with Crippen molar-refractivity contribution in [1.82, 2.24) is 10.3 Å². The minimum atomic E-state index is -4.55. The van der Waals surface area contributed by atoms with Crippen LogP contribution in [0.5, 0.6) is 11.5 Å². The van der Waals surface area contributed by atoms with E-state index >= 15 is 0 Å². The number of carbonyl (C=O) groups excluding carboxylic acids is 2. The number of amides is 2. The van der Waals surface area contributed by atoms with Crippen molar-refractivity contribution in [3.05, 3.63) is 18.0 Å². The molecular formula is C11H12F3N3O4. The van der Waals surface area contributed by atoms with E-state index < -0.39 is 31.1 Å². The monoisotopic (exact) mass is 307 g/mol. The van der Waals surface area contributed by atoms with Gasteiger partial charge < -0.3 is 15.2 Å². The molecule has 0 aliphatic heterocycles. The highest BCUT2D eigenvalue weighted by atomic mass is 19.4. The van der Waals surface area contributed by atoms with Crippen molar-refractivity contribution < 1.29 is 32.2 Å². The molecule has 3 N–H and O–H groups in total. The number of rotatable bonds is 5. The molecule has 0 bridgehead atoms. The van der Waals surface area contributed by atoms with Gasteiger partial charge in [-0.1, -0.05) is 0 Å². The number of methoxy groups -OCH3 is 1. The quantitative estimate of drug-likeness (QED) is 0.808. The number of alkyl halides is 3. The van der Waals surface area contributed by atoms with E-state index in [0.29, 0.717) is 0 Å². The average Bonchev–Trinajstić information content (AvgIpc) is 2.43. The molecule has 1 aromatic rings. The van der Waals surface area contributed by atoms with Gasteiger partial charge in [-0.15, -0.1) is 0 Å². The summed E-state index contributed by atoms with van der Waals surface area (Å²) in [5.41, 5.74) is 4.64. The predicted molar refractivity (Wildman–Crippen MR) is 63.9 cm³/mol. The van der Waals surface area contributed by atoms with Crippen LogP contribution in [0.4, 0.5) is 13.2 Å². The van der Waals surface area contributed by atoms with Gasteiger partial charge in [-0.25, -0.2) is 4.98 Å². The molecule has 0 radical (unpaired) electrons. The lowest BCUT2D eigenvalue weighted by Gasteiger charge is -2.14. The predicted octanol–water partition coefficient (Wildman–Crippen LogP) is 0.246. The number of carbonyl (C=O) groups is 2. The minimum absolute atomic E-state index is 0.316. The molecule has 0 saturated heterocycles. The van der Waals surface area contributed by atoms with Crippen LogP contribution in [0.3, 0.4) is 0 Å². The number of hydrogen-bond donors (Lipinski definition) is 2. The molecule has 7 nitrogen and oxygen atoms in total. The summed E-state index contributed by atoms with van der Waals surface area (Å²) in [5, 5.41) is 1.90. The molecule has 0 spiro atoms. The normalized spacial score (nSPS) is 10.9. The Kier molecular flexibility index (Phi) is 5.47. The first-order valence-corrected chi connectivity index (χ1v) is 5.55. The first kappa shape index (κ1) is 16.7. The molecule has 0 aromatic carbocycles. The van der Waals surface area contributed by atoms with E-state index in [-0.39, 0.29) is 17.2 Å². The molecule has 0 atom stereocenters. The van der Waals surface area contributed by atoms with Gasteiger partial charge in [-0.2, -0.15) is 13.2 Å². The number of hydrogen-bond acceptors (Lipinski definition) is 6. The largest absolute Gasteiger partial charge is 0.491 e. The Morgan fingerprint density at radius 2 is 2.10 bits per heavy atom. The maximum Gasteiger partial charge on any atom is 0.422 e. The van der Waals surface area contributed by atoms with E-state index in [1.807, 2.05) is 5.32 Å². The summed E-state index contributed by atoms with van der Waals surface area (Å²) in [4.78, 5) is 26.4. The van der Waals surface area contributed by atoms with Gasteiger partial charge in [0.05, 0.1) is 13.7 Å². The number of nitrogens with zero attached hydrogens (tertiary/aromatic N) is 1. The smallest absolute Gasteiger partial charge is 0.422 e. The van der Waals surface area contributed by atoms with Gasteiger partial charge in [0.25, 0.3) is 5.91 Å². The van der Waals surface area contributed by atoms with Gasteiger partial charge in [0.2, 0.25) is 5.91 Å². The number of aromatic nitrogens is 1. The maximum absolute atomic E-state index is 12.1. The molecule has 1 aromatic heterocycles. The fraction of sp³-hybridized carbons (Fsp3) is 0.364. The minimum Gasteiger partial charge on any atom is -0.491 e. The second-order valence-electron chi connectivity index (χ2n) is 3.68. The zero-order chi connectivity index (χ0) is 16.0. The van der Waals surface area contributed by atoms with Crippen molar-refractivity contribution in [1.29, 1.82) is 0 Å². The number of pyridine rings is 1. The number of nitrogens with one attached hydrogen (secondary N) is 1. The Balaban J connectivity index is 3.00. The third kappa shape index (κ3) is 4.91. The van der Waals surface area contributed by atoms with Gasteiger partial charge in [0.15, 0.2) is 23.8 Å². The van der Waals surface area contributed by atoms with Crippen molar-refractivity contribution in [3.63, 3.8) is 0 Å². The van der Waals surface area contributed by atoms with Gasteiger partial charge >= 0.3 is 6.18 Å². The molecule has 1 rings (SSSR count). The summed E-state index contributed by atoms with van der Waals surface area (Å²) in [6.45, 7) is -1.99. The molecule has 0 saturated carbocycles. The van der Waals surface area contributed by atoms with Crippen LogP contribution in [-0.4, -0.2) is 43.2 Å². The molecule has 0 fully saturated rings. The van der Waals surface area contributed by atoms with Gasteiger partial charge in [0.1, 0.15) is 0 Å². The lowest BCUT2D eigenvalue weighted by atomic mass is 10.3. The van der Waals surface area contributed by atoms with E-state index in [9.17, 15) is 22.8 Å². The van der Waals surface area contributed by atoms with E-state index in [1.54, 1.807) is 0 Å². The summed E-state index contributed by atoms with van der Waals surface area (Å²) >= 11 is 0. The zero-order valence-corrected chi connectivity index (χ0v) is 10.9. The standard InChI is InChI=1S/C11H12F3N3O4/c1-20-9-6(21-5-11(12,13)14)2-3-16-8(9)10(19)17-7(18)4-15/h2-3H,4-5,15H2,1H3,(H,17,18,19). The Labute approximate surface area is 117 Å². The van der Waals surface area contributed by atoms with E-state index in [0.717, 1.165) is 19.4 Å². The van der Waals surface area contributed by atoms with Crippen LogP contribution in [0.1, 0.15) is 10.5 Å². The number of imide groups is 1. The average molecular weight is 307 g/mol. The molecule has 1 heterocycles. The van der Waals surface area contributed by atoms with E-state index in [1.165, 1.54) is 0 Å². The Bertz CT molecular complexity index is 534. The second-order valence-corrected chi connectivity index (χ2v) is 3.68. The van der Waals surface area contributed by atoms with Crippen LogP contribution in [-0.2, 0) is 4.79 Å². The van der Waals surface area contributed by atoms with Crippen LogP contribution >= 0.6 is 0 Å². The van der Waals surface area contributed by atoms with Gasteiger partial charge in [-0.05, 0) is 0 Å². The summed E-state index contributed by atoms with van der Waals surface area (Å²) in [6.07, 6.45) is -3.50. The first-order valence-electron chi connectivity index (χ1n) is 5.55. The van der Waals surface area contributed by atoms with Crippen molar-refractivity contribution in [2.75, 3.05) is 20.3 Å². The Morgan fingerprint density at radius 3 is 2.62 bits per heavy atom. The first-order chi connectivity index (χ1) is 9.78. The molecule has 21 heavy (non-hydrogen) atoms. The molecule has 2 amide bonds. The highest BCUT2D eigenvalue weighted by Crippen LogP contribution is 2.30. The molecule has 0 unspecified atom stereocenters. The van der Waals surface area contributed by atoms with Crippen LogP contribution < -0.4 is 20.5 Å². The van der Waals surface area contributed by atoms with Crippen LogP contribution in [0.2, 0.25) is 0 Å². The maximum atomic E-state index is 12.1. The van der Waals surface area contributed by atoms with Crippen molar-refractivity contribution in [2.24, 2.45) is 5.73 Å². The molecule has 116 valence electrons. The fourth-order valence-corrected chi connectivity index (χ4v) is 1.30. The molecular weight excluding hydrogens is 295 g/mol. The van der Waals surface area contributed by atoms with Gasteiger partial charge in [-0.3, -0.25) is 14.9 Å². The molecule has 0 aliphatic rings. The van der Waals surface area contributed by atoms with Gasteiger partial charge in [0, 0.05) is 12.3 Å². The summed E-state index contributed by atoms with van der Waals surface area (Å²) in [6, 6.07) is 1.10.